The van der Waals surface area contributed by atoms with Crippen molar-refractivity contribution in [3.8, 4) is 5.75 Å². The molecule has 4 rings (SSSR count). The van der Waals surface area contributed by atoms with Crippen molar-refractivity contribution < 1.29 is 14.3 Å². The molecule has 0 aliphatic carbocycles. The van der Waals surface area contributed by atoms with Gasteiger partial charge in [-0.05, 0) is 67.5 Å². The van der Waals surface area contributed by atoms with Gasteiger partial charge in [0.25, 0.3) is 5.91 Å². The highest BCUT2D eigenvalue weighted by Crippen LogP contribution is 2.45. The Labute approximate surface area is 223 Å². The minimum Gasteiger partial charge on any atom is -0.497 e. The lowest BCUT2D eigenvalue weighted by molar-refractivity contribution is -0.121. The Kier molecular flexibility index (Phi) is 8.07. The number of aliphatic imine (C=N–C) groups is 1. The van der Waals surface area contributed by atoms with E-state index in [1.807, 2.05) is 43.2 Å². The van der Waals surface area contributed by atoms with Gasteiger partial charge in [0.05, 0.1) is 30.8 Å². The van der Waals surface area contributed by atoms with Crippen LogP contribution in [0.3, 0.4) is 0 Å². The van der Waals surface area contributed by atoms with Gasteiger partial charge < -0.3 is 20.3 Å². The molecule has 0 aromatic heterocycles. The minimum absolute atomic E-state index is 0.0454. The first-order valence-electron chi connectivity index (χ1n) is 12.5. The van der Waals surface area contributed by atoms with E-state index >= 15 is 0 Å². The number of nitrogens with zero attached hydrogens (tertiary/aromatic N) is 2. The van der Waals surface area contributed by atoms with Crippen LogP contribution in [-0.2, 0) is 9.59 Å². The topological polar surface area (TPSA) is 83.0 Å². The molecule has 7 nitrogen and oxygen atoms in total. The molecule has 1 atom stereocenters. The van der Waals surface area contributed by atoms with Crippen LogP contribution in [0.2, 0.25) is 0 Å². The van der Waals surface area contributed by atoms with Crippen LogP contribution in [-0.4, -0.2) is 35.0 Å². The van der Waals surface area contributed by atoms with E-state index < -0.39 is 6.04 Å². The Morgan fingerprint density at radius 1 is 1.05 bits per heavy atom. The maximum Gasteiger partial charge on any atom is 0.255 e. The Balaban J connectivity index is 1.72. The van der Waals surface area contributed by atoms with Crippen molar-refractivity contribution in [1.29, 1.82) is 0 Å². The molecule has 2 N–H and O–H groups in total. The SMILES string of the molecule is COc1ccc(NC(=O)C2=C(C)N=C3SC=C(CC(=O)NC(C)C)N3C2c2ccc(C(C)C)cc2)cc1. The van der Waals surface area contributed by atoms with Crippen molar-refractivity contribution in [1.82, 2.24) is 10.2 Å². The predicted molar refractivity (Wildman–Crippen MR) is 150 cm³/mol. The van der Waals surface area contributed by atoms with E-state index in [1.54, 1.807) is 19.2 Å². The molecule has 0 radical (unpaired) electrons. The molecule has 2 amide bonds. The van der Waals surface area contributed by atoms with E-state index in [9.17, 15) is 9.59 Å². The van der Waals surface area contributed by atoms with Crippen molar-refractivity contribution in [3.63, 3.8) is 0 Å². The lowest BCUT2D eigenvalue weighted by atomic mass is 9.91. The Morgan fingerprint density at radius 3 is 2.32 bits per heavy atom. The van der Waals surface area contributed by atoms with E-state index in [0.717, 1.165) is 16.4 Å². The Morgan fingerprint density at radius 2 is 1.73 bits per heavy atom. The zero-order valence-corrected chi connectivity index (χ0v) is 23.0. The molecule has 37 heavy (non-hydrogen) atoms. The molecule has 2 heterocycles. The van der Waals surface area contributed by atoms with Crippen molar-refractivity contribution in [2.75, 3.05) is 12.4 Å². The summed E-state index contributed by atoms with van der Waals surface area (Å²) in [6.07, 6.45) is 0.206. The fourth-order valence-electron chi connectivity index (χ4n) is 4.45. The van der Waals surface area contributed by atoms with Gasteiger partial charge in [-0.2, -0.15) is 0 Å². The summed E-state index contributed by atoms with van der Waals surface area (Å²) in [6.45, 7) is 10.1. The molecule has 2 aliphatic rings. The molecular weight excluding hydrogens is 484 g/mol. The predicted octanol–water partition coefficient (Wildman–Crippen LogP) is 5.95. The number of hydrogen-bond acceptors (Lipinski definition) is 6. The lowest BCUT2D eigenvalue weighted by Crippen LogP contribution is -2.39. The fraction of sp³-hybridized carbons (Fsp3) is 0.345. The normalized spacial score (nSPS) is 17.0. The summed E-state index contributed by atoms with van der Waals surface area (Å²) in [5.74, 6) is 0.816. The van der Waals surface area contributed by atoms with Crippen LogP contribution >= 0.6 is 11.8 Å². The number of allylic oxidation sites excluding steroid dienone is 1. The van der Waals surface area contributed by atoms with Gasteiger partial charge in [-0.25, -0.2) is 4.99 Å². The largest absolute Gasteiger partial charge is 0.497 e. The highest BCUT2D eigenvalue weighted by molar-refractivity contribution is 8.16. The van der Waals surface area contributed by atoms with Gasteiger partial charge in [-0.3, -0.25) is 9.59 Å². The van der Waals surface area contributed by atoms with Crippen LogP contribution in [0.5, 0.6) is 5.75 Å². The number of benzene rings is 2. The van der Waals surface area contributed by atoms with Gasteiger partial charge in [-0.1, -0.05) is 49.9 Å². The standard InChI is InChI=1S/C29H34N4O3S/c1-17(2)20-7-9-21(10-8-20)27-26(28(35)32-22-11-13-24(36-6)14-12-22)19(5)31-29-33(27)23(16-37-29)15-25(34)30-18(3)4/h7-14,16-18,27H,15H2,1-6H3,(H,30,34)(H,32,35). The number of thioether (sulfide) groups is 1. The molecule has 0 spiro atoms. The van der Waals surface area contributed by atoms with E-state index in [1.165, 1.54) is 17.3 Å². The third kappa shape index (κ3) is 5.91. The van der Waals surface area contributed by atoms with Crippen LogP contribution in [0.25, 0.3) is 0 Å². The molecule has 194 valence electrons. The van der Waals surface area contributed by atoms with Gasteiger partial charge in [0.2, 0.25) is 5.91 Å². The third-order valence-corrected chi connectivity index (χ3v) is 7.19. The van der Waals surface area contributed by atoms with Crippen molar-refractivity contribution >= 4 is 34.4 Å². The van der Waals surface area contributed by atoms with Crippen molar-refractivity contribution in [2.24, 2.45) is 4.99 Å². The summed E-state index contributed by atoms with van der Waals surface area (Å²) in [7, 11) is 1.61. The molecular formula is C29H34N4O3S. The number of anilines is 1. The number of carbonyl (C=O) groups excluding carboxylic acids is 2. The Bertz CT molecular complexity index is 1260. The lowest BCUT2D eigenvalue weighted by Gasteiger charge is -2.36. The van der Waals surface area contributed by atoms with E-state index in [0.29, 0.717) is 28.6 Å². The minimum atomic E-state index is -0.417. The number of methoxy groups -OCH3 is 1. The average Bonchev–Trinajstić information content (AvgIpc) is 3.24. The molecule has 2 aromatic carbocycles. The smallest absolute Gasteiger partial charge is 0.255 e. The molecule has 0 saturated heterocycles. The number of amidine groups is 1. The molecule has 2 aromatic rings. The first kappa shape index (κ1) is 26.5. The number of carbonyl (C=O) groups is 2. The van der Waals surface area contributed by atoms with Crippen LogP contribution in [0.4, 0.5) is 5.69 Å². The molecule has 8 heteroatoms. The van der Waals surface area contributed by atoms with E-state index in [2.05, 4.69) is 48.7 Å². The number of fused-ring (bicyclic) bond motifs is 1. The number of rotatable bonds is 8. The van der Waals surface area contributed by atoms with Gasteiger partial charge in [0.1, 0.15) is 5.75 Å². The highest BCUT2D eigenvalue weighted by Gasteiger charge is 2.40. The quantitative estimate of drug-likeness (QED) is 0.451. The first-order chi connectivity index (χ1) is 17.7. The third-order valence-electron chi connectivity index (χ3n) is 6.30. The monoisotopic (exact) mass is 518 g/mol. The second kappa shape index (κ2) is 11.3. The molecule has 1 unspecified atom stereocenters. The van der Waals surface area contributed by atoms with E-state index in [-0.39, 0.29) is 24.3 Å². The zero-order valence-electron chi connectivity index (χ0n) is 22.2. The van der Waals surface area contributed by atoms with Gasteiger partial charge in [-0.15, -0.1) is 0 Å². The zero-order chi connectivity index (χ0) is 26.7. The van der Waals surface area contributed by atoms with Gasteiger partial charge >= 0.3 is 0 Å². The fourth-order valence-corrected chi connectivity index (χ4v) is 5.41. The summed E-state index contributed by atoms with van der Waals surface area (Å²) in [4.78, 5) is 33.3. The van der Waals surface area contributed by atoms with Crippen LogP contribution in [0, 0.1) is 0 Å². The molecule has 0 fully saturated rings. The maximum atomic E-state index is 13.8. The molecule has 0 bridgehead atoms. The summed E-state index contributed by atoms with van der Waals surface area (Å²) >= 11 is 1.48. The number of hydrogen-bond donors (Lipinski definition) is 2. The summed E-state index contributed by atoms with van der Waals surface area (Å²) in [5, 5.41) is 8.73. The van der Waals surface area contributed by atoms with Gasteiger partial charge in [0.15, 0.2) is 5.17 Å². The first-order valence-corrected chi connectivity index (χ1v) is 13.3. The summed E-state index contributed by atoms with van der Waals surface area (Å²) in [5.41, 5.74) is 4.88. The van der Waals surface area contributed by atoms with Crippen LogP contribution in [0.1, 0.15) is 64.1 Å². The van der Waals surface area contributed by atoms with E-state index in [4.69, 9.17) is 9.73 Å². The second-order valence-corrected chi connectivity index (χ2v) is 10.6. The van der Waals surface area contributed by atoms with Crippen LogP contribution < -0.4 is 15.4 Å². The number of ether oxygens (including phenoxy) is 1. The maximum absolute atomic E-state index is 13.8. The van der Waals surface area contributed by atoms with Crippen molar-refractivity contribution in [2.45, 2.75) is 59.0 Å². The highest BCUT2D eigenvalue weighted by atomic mass is 32.2. The average molecular weight is 519 g/mol. The number of nitrogens with one attached hydrogen (secondary N) is 2. The Hall–Kier alpha value is -3.52. The summed E-state index contributed by atoms with van der Waals surface area (Å²) < 4.78 is 5.24. The second-order valence-electron chi connectivity index (χ2n) is 9.80. The molecule has 2 aliphatic heterocycles. The number of amides is 2. The summed E-state index contributed by atoms with van der Waals surface area (Å²) in [6, 6.07) is 15.2. The van der Waals surface area contributed by atoms with Crippen LogP contribution in [0.15, 0.2) is 75.9 Å². The van der Waals surface area contributed by atoms with Gasteiger partial charge in [0, 0.05) is 17.4 Å². The van der Waals surface area contributed by atoms with Crippen molar-refractivity contribution in [3.05, 3.63) is 82.0 Å². The molecule has 0 saturated carbocycles.